The molecule has 134 valence electrons. The summed E-state index contributed by atoms with van der Waals surface area (Å²) in [6.45, 7) is 7.35. The number of allylic oxidation sites excluding steroid dienone is 1. The molecule has 2 N–H and O–H groups in total. The van der Waals surface area contributed by atoms with Gasteiger partial charge in [0, 0.05) is 12.0 Å². The standard InChI is InChI=1S/C21H33NO2/c1-12-19-18(22-24-12)11-17-15-5-4-13-10-14(23)6-8-20(13,2)16(15)7-9-21(17,19)3/h4,12,14-19,22-23H,5-11H2,1-3H3/t12-,14-,15+,16-,17?,18-,19-,20-,21-/m0/s1. The Kier molecular flexibility index (Phi) is 3.35. The topological polar surface area (TPSA) is 41.5 Å². The van der Waals surface area contributed by atoms with Gasteiger partial charge in [0.05, 0.1) is 12.2 Å². The summed E-state index contributed by atoms with van der Waals surface area (Å²) in [7, 11) is 0. The molecule has 1 saturated heterocycles. The zero-order chi connectivity index (χ0) is 16.7. The number of aliphatic hydroxyl groups is 1. The molecule has 4 fully saturated rings. The lowest BCUT2D eigenvalue weighted by Gasteiger charge is -2.58. The summed E-state index contributed by atoms with van der Waals surface area (Å²) in [6.07, 6.45) is 11.2. The molecule has 0 aromatic heterocycles. The van der Waals surface area contributed by atoms with Gasteiger partial charge < -0.3 is 5.11 Å². The van der Waals surface area contributed by atoms with Crippen LogP contribution in [0.15, 0.2) is 11.6 Å². The van der Waals surface area contributed by atoms with E-state index in [2.05, 4.69) is 32.3 Å². The van der Waals surface area contributed by atoms with Crippen LogP contribution in [0.25, 0.3) is 0 Å². The lowest BCUT2D eigenvalue weighted by Crippen LogP contribution is -2.51. The van der Waals surface area contributed by atoms with Crippen LogP contribution in [0.5, 0.6) is 0 Å². The van der Waals surface area contributed by atoms with Gasteiger partial charge in [0.1, 0.15) is 0 Å². The molecule has 0 aromatic rings. The Bertz CT molecular complexity index is 574. The Hall–Kier alpha value is -0.380. The Morgan fingerprint density at radius 3 is 2.88 bits per heavy atom. The molecule has 0 aromatic carbocycles. The normalized spacial score (nSPS) is 59.2. The fourth-order valence-electron chi connectivity index (χ4n) is 7.98. The van der Waals surface area contributed by atoms with Crippen LogP contribution in [-0.2, 0) is 4.84 Å². The highest BCUT2D eigenvalue weighted by molar-refractivity contribution is 5.26. The van der Waals surface area contributed by atoms with E-state index in [4.69, 9.17) is 4.84 Å². The third kappa shape index (κ3) is 1.90. The van der Waals surface area contributed by atoms with Crippen LogP contribution in [0.3, 0.4) is 0 Å². The number of hydrogen-bond acceptors (Lipinski definition) is 3. The van der Waals surface area contributed by atoms with Crippen molar-refractivity contribution in [3.05, 3.63) is 11.6 Å². The Morgan fingerprint density at radius 1 is 1.21 bits per heavy atom. The maximum Gasteiger partial charge on any atom is 0.0811 e. The first-order valence-electron chi connectivity index (χ1n) is 10.2. The van der Waals surface area contributed by atoms with Crippen molar-refractivity contribution in [3.63, 3.8) is 0 Å². The van der Waals surface area contributed by atoms with Crippen molar-refractivity contribution < 1.29 is 9.94 Å². The minimum absolute atomic E-state index is 0.0947. The fourth-order valence-corrected chi connectivity index (χ4v) is 7.98. The molecule has 24 heavy (non-hydrogen) atoms. The van der Waals surface area contributed by atoms with Gasteiger partial charge in [-0.2, -0.15) is 5.48 Å². The van der Waals surface area contributed by atoms with E-state index in [-0.39, 0.29) is 6.10 Å². The first kappa shape index (κ1) is 15.8. The third-order valence-corrected chi connectivity index (χ3v) is 9.13. The van der Waals surface area contributed by atoms with E-state index in [1.165, 1.54) is 32.1 Å². The summed E-state index contributed by atoms with van der Waals surface area (Å²) in [5, 5.41) is 10.1. The van der Waals surface area contributed by atoms with E-state index >= 15 is 0 Å². The number of hydrogen-bond donors (Lipinski definition) is 2. The van der Waals surface area contributed by atoms with Crippen molar-refractivity contribution >= 4 is 0 Å². The highest BCUT2D eigenvalue weighted by Gasteiger charge is 2.63. The monoisotopic (exact) mass is 331 g/mol. The highest BCUT2D eigenvalue weighted by atomic mass is 16.7. The van der Waals surface area contributed by atoms with Crippen LogP contribution in [-0.4, -0.2) is 23.4 Å². The van der Waals surface area contributed by atoms with Gasteiger partial charge >= 0.3 is 0 Å². The molecule has 5 rings (SSSR count). The summed E-state index contributed by atoms with van der Waals surface area (Å²) >= 11 is 0. The Labute approximate surface area is 146 Å². The van der Waals surface area contributed by atoms with Crippen LogP contribution in [0, 0.1) is 34.5 Å². The van der Waals surface area contributed by atoms with Gasteiger partial charge in [-0.3, -0.25) is 4.84 Å². The number of aliphatic hydroxyl groups excluding tert-OH is 1. The summed E-state index contributed by atoms with van der Waals surface area (Å²) < 4.78 is 0. The predicted octanol–water partition coefficient (Wildman–Crippen LogP) is 3.83. The molecule has 1 aliphatic heterocycles. The van der Waals surface area contributed by atoms with Crippen LogP contribution < -0.4 is 5.48 Å². The molecule has 1 unspecified atom stereocenters. The first-order chi connectivity index (χ1) is 11.4. The van der Waals surface area contributed by atoms with Gasteiger partial charge in [-0.1, -0.05) is 25.5 Å². The van der Waals surface area contributed by atoms with Crippen molar-refractivity contribution in [2.24, 2.45) is 34.5 Å². The van der Waals surface area contributed by atoms with Gasteiger partial charge in [0.15, 0.2) is 0 Å². The molecule has 0 spiro atoms. The molecule has 0 bridgehead atoms. The SMILES string of the molecule is C[C@@H]1ON[C@H]2CC3[C@@H]4CC=C5C[C@@H](O)CC[C@]5(C)[C@H]4CC[C@]3(C)[C@H]21. The number of nitrogens with one attached hydrogen (secondary N) is 1. The third-order valence-electron chi connectivity index (χ3n) is 9.13. The van der Waals surface area contributed by atoms with Gasteiger partial charge in [-0.15, -0.1) is 0 Å². The van der Waals surface area contributed by atoms with Crippen molar-refractivity contribution in [1.29, 1.82) is 0 Å². The fraction of sp³-hybridized carbons (Fsp3) is 0.905. The van der Waals surface area contributed by atoms with Crippen LogP contribution in [0.4, 0.5) is 0 Å². The smallest absolute Gasteiger partial charge is 0.0811 e. The van der Waals surface area contributed by atoms with Gasteiger partial charge in [-0.25, -0.2) is 0 Å². The number of hydroxylamine groups is 1. The van der Waals surface area contributed by atoms with E-state index in [0.29, 0.717) is 28.9 Å². The Morgan fingerprint density at radius 2 is 2.04 bits per heavy atom. The molecule has 1 heterocycles. The molecule has 3 heteroatoms. The highest BCUT2D eigenvalue weighted by Crippen LogP contribution is 2.67. The molecule has 3 nitrogen and oxygen atoms in total. The van der Waals surface area contributed by atoms with Crippen molar-refractivity contribution in [1.82, 2.24) is 5.48 Å². The lowest BCUT2D eigenvalue weighted by atomic mass is 9.47. The van der Waals surface area contributed by atoms with Crippen LogP contribution >= 0.6 is 0 Å². The summed E-state index contributed by atoms with van der Waals surface area (Å²) in [6, 6.07) is 0.570. The summed E-state index contributed by atoms with van der Waals surface area (Å²) in [5.74, 6) is 3.20. The lowest BCUT2D eigenvalue weighted by molar-refractivity contribution is -0.0750. The largest absolute Gasteiger partial charge is 0.393 e. The molecule has 9 atom stereocenters. The summed E-state index contributed by atoms with van der Waals surface area (Å²) in [5.41, 5.74) is 5.76. The van der Waals surface area contributed by atoms with Crippen molar-refractivity contribution in [2.45, 2.75) is 84.0 Å². The van der Waals surface area contributed by atoms with E-state index < -0.39 is 0 Å². The average molecular weight is 332 g/mol. The maximum atomic E-state index is 10.1. The van der Waals surface area contributed by atoms with E-state index in [0.717, 1.165) is 30.6 Å². The van der Waals surface area contributed by atoms with Gasteiger partial charge in [-0.05, 0) is 80.5 Å². The van der Waals surface area contributed by atoms with E-state index in [1.54, 1.807) is 5.57 Å². The molecular formula is C21H33NO2. The number of rotatable bonds is 0. The van der Waals surface area contributed by atoms with E-state index in [9.17, 15) is 5.11 Å². The second-order valence-electron chi connectivity index (χ2n) is 10.0. The van der Waals surface area contributed by atoms with Crippen molar-refractivity contribution in [2.75, 3.05) is 0 Å². The van der Waals surface area contributed by atoms with Crippen LogP contribution in [0.2, 0.25) is 0 Å². The first-order valence-corrected chi connectivity index (χ1v) is 10.2. The van der Waals surface area contributed by atoms with Crippen LogP contribution in [0.1, 0.15) is 65.7 Å². The number of fused-ring (bicyclic) bond motifs is 7. The van der Waals surface area contributed by atoms with E-state index in [1.807, 2.05) is 0 Å². The summed E-state index contributed by atoms with van der Waals surface area (Å²) in [4.78, 5) is 5.80. The van der Waals surface area contributed by atoms with Crippen molar-refractivity contribution in [3.8, 4) is 0 Å². The average Bonchev–Trinajstić information content (AvgIpc) is 3.06. The minimum Gasteiger partial charge on any atom is -0.393 e. The maximum absolute atomic E-state index is 10.1. The zero-order valence-electron chi connectivity index (χ0n) is 15.4. The predicted molar refractivity (Wildman–Crippen MR) is 94.1 cm³/mol. The molecular weight excluding hydrogens is 298 g/mol. The second-order valence-corrected chi connectivity index (χ2v) is 10.0. The zero-order valence-corrected chi connectivity index (χ0v) is 15.4. The molecule has 3 saturated carbocycles. The second kappa shape index (κ2) is 5.08. The molecule has 0 radical (unpaired) electrons. The minimum atomic E-state index is -0.0947. The Balaban J connectivity index is 1.49. The quantitative estimate of drug-likeness (QED) is 0.663. The van der Waals surface area contributed by atoms with Gasteiger partial charge in [0.25, 0.3) is 0 Å². The molecule has 0 amide bonds. The molecule has 5 aliphatic rings. The molecule has 4 aliphatic carbocycles. The van der Waals surface area contributed by atoms with Gasteiger partial charge in [0.2, 0.25) is 0 Å².